The van der Waals surface area contributed by atoms with Crippen molar-refractivity contribution < 1.29 is 4.57 Å². The molecule has 0 radical (unpaired) electrons. The van der Waals surface area contributed by atoms with Crippen LogP contribution in [0.4, 0.5) is 0 Å². The highest BCUT2D eigenvalue weighted by Crippen LogP contribution is 2.30. The second-order valence-corrected chi connectivity index (χ2v) is 12.8. The molecule has 0 fully saturated rings. The highest BCUT2D eigenvalue weighted by Gasteiger charge is 2.32. The van der Waals surface area contributed by atoms with E-state index in [0.717, 1.165) is 12.1 Å². The van der Waals surface area contributed by atoms with Crippen molar-refractivity contribution in [3.8, 4) is 0 Å². The average Bonchev–Trinajstić information content (AvgIpc) is 2.42. The Bertz CT molecular complexity index is 611. The van der Waals surface area contributed by atoms with Gasteiger partial charge in [-0.2, -0.15) is 4.57 Å². The maximum Gasteiger partial charge on any atom is 0.213 e. The Morgan fingerprint density at radius 1 is 1.33 bits per heavy atom. The molecule has 1 aromatic rings. The van der Waals surface area contributed by atoms with Crippen molar-refractivity contribution in [3.63, 3.8) is 0 Å². The fraction of sp³-hybridized carbons (Fsp3) is 0.474. The molecular formula is C19H28NSi+. The first-order valence-corrected chi connectivity index (χ1v) is 11.5. The van der Waals surface area contributed by atoms with Gasteiger partial charge in [0, 0.05) is 17.7 Å². The van der Waals surface area contributed by atoms with Gasteiger partial charge < -0.3 is 0 Å². The Morgan fingerprint density at radius 3 is 2.62 bits per heavy atom. The molecule has 0 saturated heterocycles. The molecule has 2 heterocycles. The zero-order valence-corrected chi connectivity index (χ0v) is 15.3. The van der Waals surface area contributed by atoms with Gasteiger partial charge in [-0.05, 0) is 30.6 Å². The van der Waals surface area contributed by atoms with E-state index in [0.29, 0.717) is 5.92 Å². The molecule has 0 N–H and O–H groups in total. The number of aromatic nitrogens is 1. The quantitative estimate of drug-likeness (QED) is 0.419. The van der Waals surface area contributed by atoms with Crippen LogP contribution in [-0.4, -0.2) is 8.07 Å². The first kappa shape index (κ1) is 16.0. The maximum absolute atomic E-state index is 3.26. The Hall–Kier alpha value is -1.37. The second kappa shape index (κ2) is 6.17. The number of hydrogen-bond acceptors (Lipinski definition) is 0. The van der Waals surface area contributed by atoms with Crippen LogP contribution in [0.5, 0.6) is 0 Å². The molecule has 0 aromatic carbocycles. The van der Waals surface area contributed by atoms with E-state index < -0.39 is 8.07 Å². The van der Waals surface area contributed by atoms with E-state index in [9.17, 15) is 0 Å². The van der Waals surface area contributed by atoms with Gasteiger partial charge in [0.15, 0.2) is 12.7 Å². The molecule has 0 amide bonds. The summed E-state index contributed by atoms with van der Waals surface area (Å²) in [5, 5.41) is 0. The molecule has 0 aliphatic carbocycles. The van der Waals surface area contributed by atoms with Crippen LogP contribution >= 0.6 is 0 Å². The summed E-state index contributed by atoms with van der Waals surface area (Å²) in [6, 6.07) is 2.29. The van der Waals surface area contributed by atoms with Crippen molar-refractivity contribution in [2.75, 3.05) is 0 Å². The number of rotatable bonds is 3. The van der Waals surface area contributed by atoms with Crippen LogP contribution in [0.3, 0.4) is 0 Å². The molecule has 1 nitrogen and oxygen atoms in total. The molecule has 1 aromatic heterocycles. The van der Waals surface area contributed by atoms with Crippen molar-refractivity contribution in [2.24, 2.45) is 0 Å². The normalized spacial score (nSPS) is 17.4. The van der Waals surface area contributed by atoms with Gasteiger partial charge in [0.25, 0.3) is 0 Å². The fourth-order valence-electron chi connectivity index (χ4n) is 2.86. The summed E-state index contributed by atoms with van der Waals surface area (Å²) in [4.78, 5) is 0. The van der Waals surface area contributed by atoms with E-state index in [1.165, 1.54) is 16.8 Å². The van der Waals surface area contributed by atoms with Crippen molar-refractivity contribution in [2.45, 2.75) is 58.4 Å². The van der Waals surface area contributed by atoms with Crippen LogP contribution in [0.15, 0.2) is 30.1 Å². The minimum atomic E-state index is -1.14. The number of pyridine rings is 1. The van der Waals surface area contributed by atoms with Crippen LogP contribution in [0.2, 0.25) is 25.2 Å². The fourth-order valence-corrected chi connectivity index (χ4v) is 4.28. The maximum atomic E-state index is 3.26. The zero-order chi connectivity index (χ0) is 15.6. The molecule has 0 bridgehead atoms. The van der Waals surface area contributed by atoms with Crippen molar-refractivity contribution in [1.29, 1.82) is 0 Å². The van der Waals surface area contributed by atoms with Gasteiger partial charge in [-0.15, -0.1) is 5.73 Å². The van der Waals surface area contributed by atoms with Gasteiger partial charge in [-0.25, -0.2) is 0 Å². The van der Waals surface area contributed by atoms with Gasteiger partial charge in [-0.3, -0.25) is 0 Å². The highest BCUT2D eigenvalue weighted by atomic mass is 28.3. The number of nitrogens with zero attached hydrogens (tertiary/aromatic N) is 1. The topological polar surface area (TPSA) is 3.88 Å². The Kier molecular flexibility index (Phi) is 4.70. The third-order valence-corrected chi connectivity index (χ3v) is 6.94. The summed E-state index contributed by atoms with van der Waals surface area (Å²) in [6.07, 6.45) is 11.2. The highest BCUT2D eigenvalue weighted by molar-refractivity contribution is 6.78. The third kappa shape index (κ3) is 3.45. The van der Waals surface area contributed by atoms with E-state index in [1.54, 1.807) is 0 Å². The monoisotopic (exact) mass is 298 g/mol. The Morgan fingerprint density at radius 2 is 2.05 bits per heavy atom. The lowest BCUT2D eigenvalue weighted by molar-refractivity contribution is -0.699. The molecule has 0 saturated carbocycles. The van der Waals surface area contributed by atoms with Crippen molar-refractivity contribution >= 4 is 20.2 Å². The minimum absolute atomic E-state index is 0.531. The summed E-state index contributed by atoms with van der Waals surface area (Å²) < 4.78 is 2.43. The van der Waals surface area contributed by atoms with Gasteiger partial charge in [0.05, 0.1) is 13.6 Å². The zero-order valence-electron chi connectivity index (χ0n) is 14.3. The van der Waals surface area contributed by atoms with Gasteiger partial charge >= 0.3 is 0 Å². The molecule has 1 aliphatic heterocycles. The molecule has 112 valence electrons. The van der Waals surface area contributed by atoms with Gasteiger partial charge in [0.1, 0.15) is 0 Å². The van der Waals surface area contributed by atoms with E-state index in [-0.39, 0.29) is 0 Å². The van der Waals surface area contributed by atoms with E-state index in [4.69, 9.17) is 0 Å². The summed E-state index contributed by atoms with van der Waals surface area (Å²) in [5.74, 6) is 0.531. The minimum Gasteiger partial charge on any atom is -0.198 e. The molecule has 1 unspecified atom stereocenters. The van der Waals surface area contributed by atoms with Crippen molar-refractivity contribution in [3.05, 3.63) is 47.0 Å². The first-order valence-electron chi connectivity index (χ1n) is 7.96. The standard InChI is InChI=1S/C19H28NSi/c1-7-8-9-18-17(15(2)3)12-13-20-14-16(21(4,5)6)10-11-19(18)20/h7,9-13,15-16H,14H2,1-6H3/q+1. The van der Waals surface area contributed by atoms with Gasteiger partial charge in [0.2, 0.25) is 5.69 Å². The smallest absolute Gasteiger partial charge is 0.198 e. The van der Waals surface area contributed by atoms with E-state index in [2.05, 4.69) is 74.3 Å². The lowest BCUT2D eigenvalue weighted by atomic mass is 9.95. The summed E-state index contributed by atoms with van der Waals surface area (Å²) >= 11 is 0. The van der Waals surface area contributed by atoms with Crippen LogP contribution < -0.4 is 4.57 Å². The summed E-state index contributed by atoms with van der Waals surface area (Å²) in [7, 11) is -1.14. The summed E-state index contributed by atoms with van der Waals surface area (Å²) in [5.41, 5.74) is 8.06. The average molecular weight is 299 g/mol. The lowest BCUT2D eigenvalue weighted by Gasteiger charge is -2.26. The molecule has 2 heteroatoms. The summed E-state index contributed by atoms with van der Waals surface area (Å²) in [6.45, 7) is 15.0. The first-order chi connectivity index (χ1) is 9.84. The molecular weight excluding hydrogens is 270 g/mol. The number of fused-ring (bicyclic) bond motifs is 1. The Balaban J connectivity index is 2.55. The third-order valence-electron chi connectivity index (χ3n) is 4.34. The van der Waals surface area contributed by atoms with Crippen LogP contribution in [0.25, 0.3) is 12.2 Å². The van der Waals surface area contributed by atoms with E-state index in [1.807, 2.05) is 13.0 Å². The largest absolute Gasteiger partial charge is 0.213 e. The second-order valence-electron chi connectivity index (χ2n) is 7.31. The van der Waals surface area contributed by atoms with Gasteiger partial charge in [-0.1, -0.05) is 39.6 Å². The molecule has 1 aliphatic rings. The molecule has 1 atom stereocenters. The van der Waals surface area contributed by atoms with Crippen LogP contribution in [0.1, 0.15) is 43.5 Å². The lowest BCUT2D eigenvalue weighted by Crippen LogP contribution is -2.46. The predicted molar refractivity (Wildman–Crippen MR) is 95.1 cm³/mol. The molecule has 0 spiro atoms. The van der Waals surface area contributed by atoms with Crippen LogP contribution in [0, 0.1) is 0 Å². The predicted octanol–water partition coefficient (Wildman–Crippen LogP) is 5.02. The SMILES string of the molecule is CC=C=Cc1c(C(C)C)cc[n+]2c1C=CC([Si](C)(C)C)C2. The number of hydrogen-bond donors (Lipinski definition) is 0. The van der Waals surface area contributed by atoms with Crippen LogP contribution in [-0.2, 0) is 6.54 Å². The van der Waals surface area contributed by atoms with E-state index >= 15 is 0 Å². The molecule has 21 heavy (non-hydrogen) atoms. The number of allylic oxidation sites excluding steroid dienone is 2. The Labute approximate surface area is 130 Å². The molecule has 2 rings (SSSR count). The van der Waals surface area contributed by atoms with Crippen molar-refractivity contribution in [1.82, 2.24) is 0 Å².